The number of esters is 1. The van der Waals surface area contributed by atoms with E-state index in [4.69, 9.17) is 4.74 Å². The molecule has 2 unspecified atom stereocenters. The van der Waals surface area contributed by atoms with E-state index in [9.17, 15) is 18.4 Å². The fourth-order valence-corrected chi connectivity index (χ4v) is 6.88. The molecule has 0 spiro atoms. The van der Waals surface area contributed by atoms with Gasteiger partial charge in [0.15, 0.2) is 24.0 Å². The number of rotatable bonds is 4. The molecule has 0 aromatic heterocycles. The maximum atomic E-state index is 13.2. The molecule has 134 valence electrons. The average Bonchev–Trinajstić information content (AvgIpc) is 2.52. The molecule has 3 nitrogen and oxygen atoms in total. The summed E-state index contributed by atoms with van der Waals surface area (Å²) in [6.07, 6.45) is 5.80. The molecule has 0 aliphatic heterocycles. The summed E-state index contributed by atoms with van der Waals surface area (Å²) in [6, 6.07) is 2.94. The van der Waals surface area contributed by atoms with Gasteiger partial charge in [-0.3, -0.25) is 9.59 Å². The first-order valence-electron chi connectivity index (χ1n) is 8.63. The second kappa shape index (κ2) is 5.86. The minimum absolute atomic E-state index is 0.00849. The van der Waals surface area contributed by atoms with E-state index in [0.29, 0.717) is 11.8 Å². The third-order valence-corrected chi connectivity index (χ3v) is 6.93. The molecule has 0 saturated heterocycles. The van der Waals surface area contributed by atoms with Gasteiger partial charge in [0.25, 0.3) is 0 Å². The Kier molecular flexibility index (Phi) is 4.02. The van der Waals surface area contributed by atoms with Crippen LogP contribution in [0.15, 0.2) is 18.2 Å². The minimum atomic E-state index is -1.08. The Morgan fingerprint density at radius 2 is 1.80 bits per heavy atom. The summed E-state index contributed by atoms with van der Waals surface area (Å²) < 4.78 is 31.6. The Morgan fingerprint density at radius 1 is 1.12 bits per heavy atom. The number of alkyl halides is 1. The van der Waals surface area contributed by atoms with Gasteiger partial charge in [0.1, 0.15) is 0 Å². The molecule has 1 aromatic rings. The van der Waals surface area contributed by atoms with Crippen molar-refractivity contribution in [2.45, 2.75) is 42.8 Å². The van der Waals surface area contributed by atoms with Crippen molar-refractivity contribution in [1.29, 1.82) is 0 Å². The minimum Gasteiger partial charge on any atom is -0.457 e. The predicted molar refractivity (Wildman–Crippen MR) is 90.4 cm³/mol. The zero-order valence-corrected chi connectivity index (χ0v) is 15.3. The molecule has 6 heteroatoms. The highest BCUT2D eigenvalue weighted by Gasteiger charge is 2.60. The molecule has 4 fully saturated rings. The molecular formula is C19H19BrF2O3. The van der Waals surface area contributed by atoms with Gasteiger partial charge in [0.2, 0.25) is 0 Å². The summed E-state index contributed by atoms with van der Waals surface area (Å²) in [5.74, 6) is -1.86. The normalized spacial score (nSPS) is 35.6. The van der Waals surface area contributed by atoms with Crippen molar-refractivity contribution < 1.29 is 23.1 Å². The van der Waals surface area contributed by atoms with Crippen LogP contribution in [0.1, 0.15) is 48.9 Å². The van der Waals surface area contributed by atoms with Crippen LogP contribution >= 0.6 is 15.9 Å². The van der Waals surface area contributed by atoms with Gasteiger partial charge < -0.3 is 4.74 Å². The fraction of sp³-hybridized carbons (Fsp3) is 0.579. The summed E-state index contributed by atoms with van der Waals surface area (Å²) in [6.45, 7) is -0.434. The molecule has 2 atom stereocenters. The summed E-state index contributed by atoms with van der Waals surface area (Å²) in [5, 5.41) is 0. The number of Topliss-reactive ketones (excluding diaryl/α,β-unsaturated/α-hetero) is 1. The first kappa shape index (κ1) is 17.1. The summed E-state index contributed by atoms with van der Waals surface area (Å²) in [5.41, 5.74) is -0.490. The molecule has 4 saturated carbocycles. The van der Waals surface area contributed by atoms with E-state index in [1.165, 1.54) is 12.5 Å². The van der Waals surface area contributed by atoms with Gasteiger partial charge in [-0.05, 0) is 68.6 Å². The van der Waals surface area contributed by atoms with E-state index in [-0.39, 0.29) is 15.9 Å². The van der Waals surface area contributed by atoms with Gasteiger partial charge in [0.05, 0.1) is 5.41 Å². The number of benzene rings is 1. The average molecular weight is 413 g/mol. The van der Waals surface area contributed by atoms with Gasteiger partial charge in [0, 0.05) is 9.89 Å². The highest BCUT2D eigenvalue weighted by molar-refractivity contribution is 9.10. The number of carbonyl (C=O) groups is 2. The van der Waals surface area contributed by atoms with Crippen LogP contribution in [0.3, 0.4) is 0 Å². The number of carbonyl (C=O) groups excluding carboxylic acids is 2. The number of hydrogen-bond acceptors (Lipinski definition) is 3. The SMILES string of the molecule is O=C(COC(=O)C12CC3CC(CC(Br)(C3)C1)C2)c1ccc(F)c(F)c1. The van der Waals surface area contributed by atoms with Gasteiger partial charge in [-0.25, -0.2) is 8.78 Å². The number of hydrogen-bond donors (Lipinski definition) is 0. The lowest BCUT2D eigenvalue weighted by Crippen LogP contribution is -2.56. The zero-order chi connectivity index (χ0) is 17.8. The molecule has 4 aliphatic rings. The number of halogens is 3. The van der Waals surface area contributed by atoms with Crippen LogP contribution in [-0.2, 0) is 9.53 Å². The van der Waals surface area contributed by atoms with Gasteiger partial charge in [-0.2, -0.15) is 0 Å². The molecule has 0 N–H and O–H groups in total. The van der Waals surface area contributed by atoms with E-state index in [0.717, 1.165) is 44.2 Å². The zero-order valence-electron chi connectivity index (χ0n) is 13.7. The Morgan fingerprint density at radius 3 is 2.40 bits per heavy atom. The Balaban J connectivity index is 1.44. The third kappa shape index (κ3) is 3.03. The van der Waals surface area contributed by atoms with E-state index >= 15 is 0 Å². The molecule has 4 bridgehead atoms. The monoisotopic (exact) mass is 412 g/mol. The maximum absolute atomic E-state index is 13.2. The largest absolute Gasteiger partial charge is 0.457 e. The smallest absolute Gasteiger partial charge is 0.312 e. The van der Waals surface area contributed by atoms with Gasteiger partial charge in [-0.1, -0.05) is 15.9 Å². The lowest BCUT2D eigenvalue weighted by atomic mass is 9.49. The van der Waals surface area contributed by atoms with E-state index in [1.807, 2.05) is 0 Å². The van der Waals surface area contributed by atoms with Crippen molar-refractivity contribution in [3.05, 3.63) is 35.4 Å². The molecule has 0 radical (unpaired) electrons. The number of ether oxygens (including phenoxy) is 1. The molecule has 4 aliphatic carbocycles. The topological polar surface area (TPSA) is 43.4 Å². The summed E-state index contributed by atoms with van der Waals surface area (Å²) in [7, 11) is 0. The van der Waals surface area contributed by atoms with Crippen LogP contribution in [0, 0.1) is 28.9 Å². The highest BCUT2D eigenvalue weighted by atomic mass is 79.9. The van der Waals surface area contributed by atoms with Crippen LogP contribution < -0.4 is 0 Å². The molecule has 1 aromatic carbocycles. The molecule has 0 amide bonds. The predicted octanol–water partition coefficient (Wildman–Crippen LogP) is 4.42. The van der Waals surface area contributed by atoms with Gasteiger partial charge >= 0.3 is 5.97 Å². The van der Waals surface area contributed by atoms with Crippen LogP contribution in [0.2, 0.25) is 0 Å². The van der Waals surface area contributed by atoms with Crippen LogP contribution in [0.25, 0.3) is 0 Å². The van der Waals surface area contributed by atoms with Crippen LogP contribution in [-0.4, -0.2) is 22.7 Å². The molecule has 25 heavy (non-hydrogen) atoms. The van der Waals surface area contributed by atoms with Crippen molar-refractivity contribution in [2.75, 3.05) is 6.61 Å². The molecular weight excluding hydrogens is 394 g/mol. The lowest BCUT2D eigenvalue weighted by Gasteiger charge is -2.58. The highest BCUT2D eigenvalue weighted by Crippen LogP contribution is 2.64. The fourth-order valence-electron chi connectivity index (χ4n) is 5.43. The first-order chi connectivity index (χ1) is 11.8. The molecule has 0 heterocycles. The summed E-state index contributed by atoms with van der Waals surface area (Å²) >= 11 is 3.84. The second-order valence-electron chi connectivity index (χ2n) is 8.02. The maximum Gasteiger partial charge on any atom is 0.312 e. The quantitative estimate of drug-likeness (QED) is 0.417. The van der Waals surface area contributed by atoms with Gasteiger partial charge in [-0.15, -0.1) is 0 Å². The Bertz CT molecular complexity index is 734. The standard InChI is InChI=1S/C19H19BrF2O3/c20-19-7-11-3-12(8-19)6-18(5-11,10-19)17(24)25-9-16(23)13-1-2-14(21)15(22)4-13/h1-2,4,11-12H,3,5-10H2. The lowest BCUT2D eigenvalue weighted by molar-refractivity contribution is -0.168. The van der Waals surface area contributed by atoms with E-state index in [2.05, 4.69) is 15.9 Å². The Labute approximate surface area is 153 Å². The third-order valence-electron chi connectivity index (χ3n) is 6.00. The van der Waals surface area contributed by atoms with E-state index in [1.54, 1.807) is 0 Å². The molecule has 5 rings (SSSR count). The van der Waals surface area contributed by atoms with Crippen LogP contribution in [0.4, 0.5) is 8.78 Å². The first-order valence-corrected chi connectivity index (χ1v) is 9.42. The van der Waals surface area contributed by atoms with Crippen molar-refractivity contribution >= 4 is 27.7 Å². The van der Waals surface area contributed by atoms with Crippen molar-refractivity contribution in [1.82, 2.24) is 0 Å². The van der Waals surface area contributed by atoms with Crippen molar-refractivity contribution in [2.24, 2.45) is 17.3 Å². The van der Waals surface area contributed by atoms with Crippen LogP contribution in [0.5, 0.6) is 0 Å². The van der Waals surface area contributed by atoms with Crippen molar-refractivity contribution in [3.8, 4) is 0 Å². The number of ketones is 1. The summed E-state index contributed by atoms with van der Waals surface area (Å²) in [4.78, 5) is 24.9. The van der Waals surface area contributed by atoms with E-state index < -0.39 is 29.4 Å². The second-order valence-corrected chi connectivity index (χ2v) is 9.70. The van der Waals surface area contributed by atoms with Crippen molar-refractivity contribution in [3.63, 3.8) is 0 Å². The Hall–Kier alpha value is -1.30.